The number of sulfonamides is 1. The fourth-order valence-electron chi connectivity index (χ4n) is 4.33. The molecule has 0 spiro atoms. The summed E-state index contributed by atoms with van der Waals surface area (Å²) in [5.41, 5.74) is -1.46. The lowest BCUT2D eigenvalue weighted by Gasteiger charge is -2.36. The first-order valence-corrected chi connectivity index (χ1v) is 14.0. The molecule has 2 aromatic rings. The Morgan fingerprint density at radius 3 is 2.46 bits per heavy atom. The number of halogens is 3. The minimum absolute atomic E-state index is 0.0451. The Labute approximate surface area is 224 Å². The number of carbonyl (C=O) groups is 2. The van der Waals surface area contributed by atoms with Crippen molar-refractivity contribution >= 4 is 27.6 Å². The number of hydrogen-bond acceptors (Lipinski definition) is 6. The number of carboxylic acid groups (broad SMARTS) is 1. The normalized spacial score (nSPS) is 18.6. The molecule has 12 heteroatoms. The SMILES string of the molecule is C[C@@H](C[C@H]1CN(S(=O)(=O)c2cccc(C3CC3)c2)c2cc(CC(=O)OC(C)(C)C(F)(F)F)ccc2O1)C(=O)O. The van der Waals surface area contributed by atoms with Crippen LogP contribution in [0.1, 0.15) is 57.1 Å². The van der Waals surface area contributed by atoms with Crippen molar-refractivity contribution in [3.8, 4) is 5.75 Å². The van der Waals surface area contributed by atoms with E-state index < -0.39 is 52.2 Å². The highest BCUT2D eigenvalue weighted by atomic mass is 32.2. The molecule has 0 amide bonds. The predicted octanol–water partition coefficient (Wildman–Crippen LogP) is 5.06. The van der Waals surface area contributed by atoms with Crippen molar-refractivity contribution in [3.05, 3.63) is 53.6 Å². The number of alkyl halides is 3. The average Bonchev–Trinajstić information content (AvgIpc) is 3.68. The predicted molar refractivity (Wildman–Crippen MR) is 135 cm³/mol. The lowest BCUT2D eigenvalue weighted by molar-refractivity contribution is -0.257. The summed E-state index contributed by atoms with van der Waals surface area (Å²) >= 11 is 0. The number of anilines is 1. The Morgan fingerprint density at radius 1 is 1.15 bits per heavy atom. The molecular weight excluding hydrogens is 539 g/mol. The van der Waals surface area contributed by atoms with Gasteiger partial charge in [-0.05, 0) is 74.4 Å². The third-order valence-electron chi connectivity index (χ3n) is 6.89. The van der Waals surface area contributed by atoms with Gasteiger partial charge < -0.3 is 14.6 Å². The summed E-state index contributed by atoms with van der Waals surface area (Å²) in [4.78, 5) is 23.8. The van der Waals surface area contributed by atoms with E-state index in [-0.39, 0.29) is 34.9 Å². The van der Waals surface area contributed by atoms with Crippen LogP contribution in [0.25, 0.3) is 0 Å². The van der Waals surface area contributed by atoms with Gasteiger partial charge in [0.15, 0.2) is 0 Å². The van der Waals surface area contributed by atoms with Crippen LogP contribution in [0.5, 0.6) is 5.75 Å². The Hall–Kier alpha value is -3.28. The molecule has 0 unspecified atom stereocenters. The smallest absolute Gasteiger partial charge is 0.427 e. The zero-order valence-corrected chi connectivity index (χ0v) is 22.5. The lowest BCUT2D eigenvalue weighted by atomic mass is 10.0. The van der Waals surface area contributed by atoms with Crippen molar-refractivity contribution in [3.63, 3.8) is 0 Å². The van der Waals surface area contributed by atoms with Crippen LogP contribution in [0.2, 0.25) is 0 Å². The van der Waals surface area contributed by atoms with E-state index in [9.17, 15) is 36.3 Å². The topological polar surface area (TPSA) is 110 Å². The van der Waals surface area contributed by atoms with Gasteiger partial charge >= 0.3 is 18.1 Å². The van der Waals surface area contributed by atoms with Crippen molar-refractivity contribution in [2.75, 3.05) is 10.8 Å². The zero-order valence-electron chi connectivity index (χ0n) is 21.7. The molecule has 39 heavy (non-hydrogen) atoms. The van der Waals surface area contributed by atoms with Gasteiger partial charge in [0.25, 0.3) is 10.0 Å². The van der Waals surface area contributed by atoms with Crippen molar-refractivity contribution in [1.82, 2.24) is 0 Å². The number of fused-ring (bicyclic) bond motifs is 1. The number of benzene rings is 2. The fraction of sp³-hybridized carbons (Fsp3) is 0.481. The number of hydrogen-bond donors (Lipinski definition) is 1. The van der Waals surface area contributed by atoms with Crippen molar-refractivity contribution in [2.45, 2.75) is 75.1 Å². The third kappa shape index (κ3) is 6.32. The lowest BCUT2D eigenvalue weighted by Crippen LogP contribution is -2.44. The first kappa shape index (κ1) is 28.7. The minimum atomic E-state index is -4.77. The largest absolute Gasteiger partial charge is 0.486 e. The Morgan fingerprint density at radius 2 is 1.85 bits per heavy atom. The quantitative estimate of drug-likeness (QED) is 0.421. The van der Waals surface area contributed by atoms with Crippen molar-refractivity contribution < 1.29 is 45.8 Å². The van der Waals surface area contributed by atoms with Gasteiger partial charge in [-0.3, -0.25) is 13.9 Å². The van der Waals surface area contributed by atoms with Gasteiger partial charge in [-0.1, -0.05) is 25.1 Å². The summed E-state index contributed by atoms with van der Waals surface area (Å²) in [6.07, 6.45) is -4.07. The molecule has 0 saturated heterocycles. The molecule has 0 bridgehead atoms. The molecule has 1 aliphatic heterocycles. The first-order valence-electron chi connectivity index (χ1n) is 12.5. The zero-order chi connectivity index (χ0) is 28.8. The summed E-state index contributed by atoms with van der Waals surface area (Å²) in [5, 5.41) is 9.35. The minimum Gasteiger partial charge on any atom is -0.486 e. The monoisotopic (exact) mass is 569 g/mol. The molecule has 1 fully saturated rings. The second-order valence-electron chi connectivity index (χ2n) is 10.6. The molecule has 0 aromatic heterocycles. The second-order valence-corrected chi connectivity index (χ2v) is 12.4. The standard InChI is InChI=1S/C27H30F3NO7S/c1-16(25(33)34)11-20-15-31(39(35,36)21-6-4-5-19(14-21)18-8-9-18)22-12-17(7-10-23(22)37-20)13-24(32)38-26(2,3)27(28,29)30/h4-7,10,12,14,16,18,20H,8-9,11,13,15H2,1-3H3,(H,33,34)/t16-,20-/m0/s1. The molecule has 2 aliphatic rings. The van der Waals surface area contributed by atoms with E-state index in [0.717, 1.165) is 36.6 Å². The molecule has 1 N–H and O–H groups in total. The fourth-order valence-corrected chi connectivity index (χ4v) is 5.89. The summed E-state index contributed by atoms with van der Waals surface area (Å²) in [7, 11) is -4.15. The van der Waals surface area contributed by atoms with Crippen LogP contribution < -0.4 is 9.04 Å². The van der Waals surface area contributed by atoms with Crippen LogP contribution in [0.15, 0.2) is 47.4 Å². The van der Waals surface area contributed by atoms with Crippen LogP contribution in [0.3, 0.4) is 0 Å². The van der Waals surface area contributed by atoms with E-state index in [1.807, 2.05) is 6.07 Å². The summed E-state index contributed by atoms with van der Waals surface area (Å²) in [6, 6.07) is 10.9. The van der Waals surface area contributed by atoms with Crippen LogP contribution in [0.4, 0.5) is 18.9 Å². The number of rotatable bonds is 9. The molecule has 1 aliphatic carbocycles. The maximum Gasteiger partial charge on any atom is 0.427 e. The van der Waals surface area contributed by atoms with Crippen molar-refractivity contribution in [1.29, 1.82) is 0 Å². The van der Waals surface area contributed by atoms with Gasteiger partial charge in [-0.25, -0.2) is 8.42 Å². The number of nitrogens with zero attached hydrogens (tertiary/aromatic N) is 1. The van der Waals surface area contributed by atoms with E-state index in [1.165, 1.54) is 31.2 Å². The third-order valence-corrected chi connectivity index (χ3v) is 8.66. The number of aliphatic carboxylic acids is 1. The molecule has 2 atom stereocenters. The van der Waals surface area contributed by atoms with E-state index in [1.54, 1.807) is 12.1 Å². The highest BCUT2D eigenvalue weighted by Gasteiger charge is 2.50. The van der Waals surface area contributed by atoms with Crippen LogP contribution in [-0.4, -0.2) is 49.9 Å². The maximum atomic E-state index is 13.9. The first-order chi connectivity index (χ1) is 18.1. The van der Waals surface area contributed by atoms with E-state index in [2.05, 4.69) is 4.74 Å². The summed E-state index contributed by atoms with van der Waals surface area (Å²) in [5.74, 6) is -2.52. The maximum absolute atomic E-state index is 13.9. The van der Waals surface area contributed by atoms with E-state index in [0.29, 0.717) is 5.92 Å². The highest BCUT2D eigenvalue weighted by molar-refractivity contribution is 7.92. The average molecular weight is 570 g/mol. The molecule has 2 aromatic carbocycles. The van der Waals surface area contributed by atoms with Gasteiger partial charge in [0.05, 0.1) is 29.5 Å². The highest BCUT2D eigenvalue weighted by Crippen LogP contribution is 2.42. The van der Waals surface area contributed by atoms with Crippen LogP contribution >= 0.6 is 0 Å². The summed E-state index contributed by atoms with van der Waals surface area (Å²) < 4.78 is 78.9. The van der Waals surface area contributed by atoms with Gasteiger partial charge in [-0.2, -0.15) is 13.2 Å². The van der Waals surface area contributed by atoms with E-state index in [4.69, 9.17) is 4.74 Å². The van der Waals surface area contributed by atoms with Gasteiger partial charge in [-0.15, -0.1) is 0 Å². The number of carboxylic acids is 1. The molecule has 1 heterocycles. The Balaban J connectivity index is 1.67. The molecule has 8 nitrogen and oxygen atoms in total. The number of carbonyl (C=O) groups excluding carboxylic acids is 1. The molecule has 0 radical (unpaired) electrons. The van der Waals surface area contributed by atoms with Gasteiger partial charge in [0, 0.05) is 0 Å². The molecule has 212 valence electrons. The molecule has 1 saturated carbocycles. The molecular formula is C27H30F3NO7S. The van der Waals surface area contributed by atoms with Crippen LogP contribution in [0, 0.1) is 5.92 Å². The van der Waals surface area contributed by atoms with Gasteiger partial charge in [0.1, 0.15) is 11.9 Å². The Kier molecular flexibility index (Phi) is 7.63. The second kappa shape index (κ2) is 10.4. The number of ether oxygens (including phenoxy) is 2. The van der Waals surface area contributed by atoms with E-state index >= 15 is 0 Å². The Bertz CT molecular complexity index is 1370. The van der Waals surface area contributed by atoms with Crippen LogP contribution in [-0.2, 0) is 30.8 Å². The number of esters is 1. The molecule has 4 rings (SSSR count). The van der Waals surface area contributed by atoms with Crippen molar-refractivity contribution in [2.24, 2.45) is 5.92 Å². The summed E-state index contributed by atoms with van der Waals surface area (Å²) in [6.45, 7) is 2.80. The van der Waals surface area contributed by atoms with Gasteiger partial charge in [0.2, 0.25) is 5.60 Å².